The standard InChI is InChI=1S/C4H10O5P2.C3H9N/c1-2-3-4(10(5)6)11(7,8)9;1-3(2)4/h4H,2-3H2,1H3,(H2-,5,6,7,8,9);3H,4H2,1-2H3/p+1. The molecule has 0 aromatic rings. The van der Waals surface area contributed by atoms with Gasteiger partial charge in [-0.25, -0.2) is 0 Å². The Bertz CT molecular complexity index is 225. The van der Waals surface area contributed by atoms with Gasteiger partial charge in [0.15, 0.2) is 0 Å². The summed E-state index contributed by atoms with van der Waals surface area (Å²) in [4.78, 5) is 25.6. The molecule has 0 aliphatic carbocycles. The summed E-state index contributed by atoms with van der Waals surface area (Å²) in [6, 6.07) is 0.333. The van der Waals surface area contributed by atoms with Crippen LogP contribution in [0, 0.1) is 0 Å². The Labute approximate surface area is 90.9 Å². The molecular formula is C7H20NO5P2+. The van der Waals surface area contributed by atoms with E-state index in [4.69, 9.17) is 20.4 Å². The van der Waals surface area contributed by atoms with E-state index >= 15 is 0 Å². The van der Waals surface area contributed by atoms with Crippen LogP contribution < -0.4 is 5.73 Å². The van der Waals surface area contributed by atoms with Gasteiger partial charge in [0.1, 0.15) is 0 Å². The lowest BCUT2D eigenvalue weighted by Gasteiger charge is -2.04. The summed E-state index contributed by atoms with van der Waals surface area (Å²) in [5, 5.41) is -1.39. The lowest BCUT2D eigenvalue weighted by atomic mass is 10.4. The van der Waals surface area contributed by atoms with Crippen LogP contribution in [0.3, 0.4) is 0 Å². The van der Waals surface area contributed by atoms with Crippen LogP contribution in [0.2, 0.25) is 0 Å². The average molecular weight is 260 g/mol. The maximum Gasteiger partial charge on any atom is 0.521 e. The van der Waals surface area contributed by atoms with Gasteiger partial charge in [0.25, 0.3) is 5.40 Å². The first-order valence-electron chi connectivity index (χ1n) is 4.58. The van der Waals surface area contributed by atoms with Crippen molar-refractivity contribution in [1.29, 1.82) is 0 Å². The van der Waals surface area contributed by atoms with Gasteiger partial charge in [0.2, 0.25) is 0 Å². The third kappa shape index (κ3) is 12.1. The van der Waals surface area contributed by atoms with Gasteiger partial charge in [-0.15, -0.1) is 0 Å². The van der Waals surface area contributed by atoms with Gasteiger partial charge in [-0.1, -0.05) is 27.2 Å². The van der Waals surface area contributed by atoms with Crippen LogP contribution in [-0.2, 0) is 9.13 Å². The van der Waals surface area contributed by atoms with E-state index in [-0.39, 0.29) is 6.42 Å². The Kier molecular flexibility index (Phi) is 9.76. The minimum Gasteiger partial charge on any atom is -0.328 e. The molecule has 0 amide bonds. The van der Waals surface area contributed by atoms with E-state index < -0.39 is 21.0 Å². The first-order chi connectivity index (χ1) is 6.62. The molecule has 0 aliphatic rings. The minimum absolute atomic E-state index is 0.0793. The Morgan fingerprint density at radius 1 is 1.40 bits per heavy atom. The van der Waals surface area contributed by atoms with Crippen LogP contribution in [-0.4, -0.2) is 26.1 Å². The van der Waals surface area contributed by atoms with Crippen molar-refractivity contribution in [2.24, 2.45) is 5.73 Å². The molecule has 0 aromatic heterocycles. The number of hydrogen-bond donors (Lipinski definition) is 4. The molecule has 0 fully saturated rings. The predicted molar refractivity (Wildman–Crippen MR) is 59.9 cm³/mol. The average Bonchev–Trinajstić information content (AvgIpc) is 1.95. The first kappa shape index (κ1) is 17.6. The maximum absolute atomic E-state index is 10.5. The van der Waals surface area contributed by atoms with E-state index in [1.807, 2.05) is 13.8 Å². The molecule has 6 nitrogen and oxygen atoms in total. The summed E-state index contributed by atoms with van der Waals surface area (Å²) in [6.07, 6.45) is 0.563. The molecule has 15 heavy (non-hydrogen) atoms. The van der Waals surface area contributed by atoms with E-state index in [0.717, 1.165) is 0 Å². The summed E-state index contributed by atoms with van der Waals surface area (Å²) < 4.78 is 20.9. The second-order valence-electron chi connectivity index (χ2n) is 3.40. The van der Waals surface area contributed by atoms with E-state index in [2.05, 4.69) is 0 Å². The molecule has 92 valence electrons. The van der Waals surface area contributed by atoms with Crippen molar-refractivity contribution in [1.82, 2.24) is 0 Å². The molecule has 0 spiro atoms. The highest BCUT2D eigenvalue weighted by Crippen LogP contribution is 2.53. The summed E-state index contributed by atoms with van der Waals surface area (Å²) in [6.45, 7) is 5.58. The number of rotatable bonds is 4. The fourth-order valence-corrected chi connectivity index (χ4v) is 2.77. The Morgan fingerprint density at radius 2 is 1.73 bits per heavy atom. The van der Waals surface area contributed by atoms with Crippen molar-refractivity contribution in [3.63, 3.8) is 0 Å². The van der Waals surface area contributed by atoms with Crippen LogP contribution in [0.1, 0.15) is 33.6 Å². The molecule has 0 radical (unpaired) electrons. The van der Waals surface area contributed by atoms with Gasteiger partial charge in [-0.05, 0) is 10.6 Å². The van der Waals surface area contributed by atoms with Gasteiger partial charge < -0.3 is 15.5 Å². The Morgan fingerprint density at radius 3 is 1.80 bits per heavy atom. The molecule has 8 heteroatoms. The lowest BCUT2D eigenvalue weighted by Crippen LogP contribution is -2.06. The van der Waals surface area contributed by atoms with Crippen molar-refractivity contribution in [3.8, 4) is 0 Å². The second kappa shape index (κ2) is 8.34. The molecule has 2 atom stereocenters. The minimum atomic E-state index is -4.38. The Balaban J connectivity index is 0. The van der Waals surface area contributed by atoms with Crippen LogP contribution in [0.5, 0.6) is 0 Å². The van der Waals surface area contributed by atoms with E-state index in [1.165, 1.54) is 0 Å². The van der Waals surface area contributed by atoms with Crippen molar-refractivity contribution in [2.75, 3.05) is 0 Å². The zero-order chi connectivity index (χ0) is 12.6. The summed E-state index contributed by atoms with van der Waals surface area (Å²) >= 11 is 0. The van der Waals surface area contributed by atoms with Gasteiger partial charge in [0.05, 0.1) is 0 Å². The highest BCUT2D eigenvalue weighted by Gasteiger charge is 2.44. The van der Waals surface area contributed by atoms with E-state index in [0.29, 0.717) is 12.5 Å². The largest absolute Gasteiger partial charge is 0.521 e. The van der Waals surface area contributed by atoms with Crippen molar-refractivity contribution >= 4 is 15.6 Å². The summed E-state index contributed by atoms with van der Waals surface area (Å²) in [5.74, 6) is 0. The fraction of sp³-hybridized carbons (Fsp3) is 1.00. The van der Waals surface area contributed by atoms with E-state index in [1.54, 1.807) is 6.92 Å². The lowest BCUT2D eigenvalue weighted by molar-refractivity contribution is 0.362. The third-order valence-electron chi connectivity index (χ3n) is 1.19. The topological polar surface area (TPSA) is 121 Å². The van der Waals surface area contributed by atoms with Crippen LogP contribution in [0.15, 0.2) is 0 Å². The number of nitrogens with two attached hydrogens (primary N) is 1. The first-order valence-corrected chi connectivity index (χ1v) is 7.55. The van der Waals surface area contributed by atoms with Gasteiger partial charge in [-0.2, -0.15) is 4.89 Å². The van der Waals surface area contributed by atoms with Gasteiger partial charge in [0, 0.05) is 6.42 Å². The van der Waals surface area contributed by atoms with Crippen molar-refractivity contribution in [3.05, 3.63) is 0 Å². The van der Waals surface area contributed by atoms with Crippen LogP contribution >= 0.6 is 15.6 Å². The molecule has 0 aromatic carbocycles. The maximum atomic E-state index is 10.5. The zero-order valence-electron chi connectivity index (χ0n) is 9.20. The molecule has 0 rings (SSSR count). The van der Waals surface area contributed by atoms with E-state index in [9.17, 15) is 9.13 Å². The smallest absolute Gasteiger partial charge is 0.328 e. The summed E-state index contributed by atoms with van der Waals surface area (Å²) in [7, 11) is -7.15. The van der Waals surface area contributed by atoms with Crippen LogP contribution in [0.4, 0.5) is 0 Å². The van der Waals surface area contributed by atoms with Crippen LogP contribution in [0.25, 0.3) is 0 Å². The Hall–Kier alpha value is 0.170. The molecule has 2 unspecified atom stereocenters. The molecule has 5 N–H and O–H groups in total. The highest BCUT2D eigenvalue weighted by atomic mass is 31.2. The molecule has 0 saturated carbocycles. The molecule has 0 saturated heterocycles. The monoisotopic (exact) mass is 260 g/mol. The SMILES string of the molecule is CC(C)N.CCCC([P+](=O)O)P(=O)(O)O. The molecule has 0 bridgehead atoms. The predicted octanol–water partition coefficient (Wildman–Crippen LogP) is 1.38. The third-order valence-corrected chi connectivity index (χ3v) is 4.49. The van der Waals surface area contributed by atoms with Crippen molar-refractivity contribution < 1.29 is 23.8 Å². The fourth-order valence-electron chi connectivity index (χ4n) is 0.665. The van der Waals surface area contributed by atoms with Crippen molar-refractivity contribution in [2.45, 2.75) is 45.1 Å². The molecular weight excluding hydrogens is 240 g/mol. The number of hydrogen-bond acceptors (Lipinski definition) is 3. The summed E-state index contributed by atoms with van der Waals surface area (Å²) in [5.41, 5.74) is 5.11. The molecule has 0 heterocycles. The van der Waals surface area contributed by atoms with Gasteiger partial charge in [-0.3, -0.25) is 4.57 Å². The normalized spacial score (nSPS) is 14.3. The molecule has 0 aliphatic heterocycles. The van der Waals surface area contributed by atoms with Gasteiger partial charge >= 0.3 is 15.6 Å². The highest BCUT2D eigenvalue weighted by molar-refractivity contribution is 7.65. The quantitative estimate of drug-likeness (QED) is 0.566. The zero-order valence-corrected chi connectivity index (χ0v) is 11.0. The second-order valence-corrected chi connectivity index (χ2v) is 6.84.